The number of likely N-dealkylation sites (N-methyl/N-ethyl adjacent to an activating group) is 1. The molecule has 1 nitrogen and oxygen atoms in total. The SMILES string of the molecule is CNC(C1=CCCCCC1)c1cc(C)c(Br)s1. The Labute approximate surface area is 116 Å². The minimum atomic E-state index is 0.420. The van der Waals surface area contributed by atoms with Crippen LogP contribution in [-0.4, -0.2) is 7.05 Å². The molecular formula is C14H20BrNS. The third kappa shape index (κ3) is 3.21. The number of thiophene rings is 1. The van der Waals surface area contributed by atoms with E-state index in [2.05, 4.69) is 47.4 Å². The maximum absolute atomic E-state index is 3.62. The summed E-state index contributed by atoms with van der Waals surface area (Å²) in [7, 11) is 2.07. The van der Waals surface area contributed by atoms with Gasteiger partial charge in [-0.25, -0.2) is 0 Å². The Balaban J connectivity index is 2.23. The van der Waals surface area contributed by atoms with E-state index in [1.807, 2.05) is 11.3 Å². The fraction of sp³-hybridized carbons (Fsp3) is 0.571. The zero-order chi connectivity index (χ0) is 12.3. The molecule has 1 N–H and O–H groups in total. The summed E-state index contributed by atoms with van der Waals surface area (Å²) in [6, 6.07) is 2.73. The van der Waals surface area contributed by atoms with E-state index < -0.39 is 0 Å². The van der Waals surface area contributed by atoms with Crippen LogP contribution < -0.4 is 5.32 Å². The molecule has 1 aromatic heterocycles. The summed E-state index contributed by atoms with van der Waals surface area (Å²) in [5, 5.41) is 3.48. The molecule has 1 aromatic rings. The molecule has 0 aliphatic heterocycles. The Kier molecular flexibility index (Phi) is 4.83. The van der Waals surface area contributed by atoms with Crippen LogP contribution in [0.4, 0.5) is 0 Å². The van der Waals surface area contributed by atoms with Crippen LogP contribution in [0.2, 0.25) is 0 Å². The lowest BCUT2D eigenvalue weighted by atomic mass is 10.0. The molecule has 0 radical (unpaired) electrons. The van der Waals surface area contributed by atoms with E-state index in [1.165, 1.54) is 46.3 Å². The molecule has 0 bridgehead atoms. The maximum atomic E-state index is 3.62. The highest BCUT2D eigenvalue weighted by molar-refractivity contribution is 9.11. The zero-order valence-corrected chi connectivity index (χ0v) is 13.0. The highest BCUT2D eigenvalue weighted by Gasteiger charge is 2.18. The summed E-state index contributed by atoms with van der Waals surface area (Å²) in [5.74, 6) is 0. The molecule has 1 aliphatic rings. The fourth-order valence-electron chi connectivity index (χ4n) is 2.44. The molecule has 94 valence electrons. The number of hydrogen-bond donors (Lipinski definition) is 1. The topological polar surface area (TPSA) is 12.0 Å². The number of halogens is 1. The predicted octanol–water partition coefficient (Wildman–Crippen LogP) is 4.97. The third-order valence-corrected chi connectivity index (χ3v) is 5.60. The van der Waals surface area contributed by atoms with Crippen LogP contribution in [-0.2, 0) is 0 Å². The molecule has 3 heteroatoms. The van der Waals surface area contributed by atoms with Crippen LogP contribution in [0, 0.1) is 6.92 Å². The van der Waals surface area contributed by atoms with Crippen molar-refractivity contribution in [3.05, 3.63) is 31.9 Å². The number of nitrogens with one attached hydrogen (secondary N) is 1. The molecule has 1 unspecified atom stereocenters. The standard InChI is InChI=1S/C14H20BrNS/c1-10-9-12(17-14(10)15)13(16-2)11-7-5-3-4-6-8-11/h7,9,13,16H,3-6,8H2,1-2H3. The van der Waals surface area contributed by atoms with Crippen LogP contribution in [0.3, 0.4) is 0 Å². The highest BCUT2D eigenvalue weighted by Crippen LogP contribution is 2.36. The van der Waals surface area contributed by atoms with Gasteiger partial charge in [-0.15, -0.1) is 11.3 Å². The van der Waals surface area contributed by atoms with E-state index in [0.29, 0.717) is 6.04 Å². The average molecular weight is 314 g/mol. The van der Waals surface area contributed by atoms with Crippen molar-refractivity contribution in [3.63, 3.8) is 0 Å². The van der Waals surface area contributed by atoms with Crippen LogP contribution in [0.1, 0.15) is 48.6 Å². The molecule has 0 spiro atoms. The van der Waals surface area contributed by atoms with Gasteiger partial charge in [-0.2, -0.15) is 0 Å². The van der Waals surface area contributed by atoms with Crippen LogP contribution >= 0.6 is 27.3 Å². The van der Waals surface area contributed by atoms with Gasteiger partial charge in [0.25, 0.3) is 0 Å². The quantitative estimate of drug-likeness (QED) is 0.777. The van der Waals surface area contributed by atoms with E-state index in [0.717, 1.165) is 0 Å². The van der Waals surface area contributed by atoms with Crippen molar-refractivity contribution < 1.29 is 0 Å². The van der Waals surface area contributed by atoms with Crippen molar-refractivity contribution in [3.8, 4) is 0 Å². The molecule has 0 saturated carbocycles. The molecule has 1 heterocycles. The summed E-state index contributed by atoms with van der Waals surface area (Å²) < 4.78 is 1.27. The maximum Gasteiger partial charge on any atom is 0.0731 e. The molecule has 1 aliphatic carbocycles. The molecule has 0 saturated heterocycles. The van der Waals surface area contributed by atoms with Crippen LogP contribution in [0.5, 0.6) is 0 Å². The highest BCUT2D eigenvalue weighted by atomic mass is 79.9. The largest absolute Gasteiger partial charge is 0.309 e. The average Bonchev–Trinajstić information content (AvgIpc) is 2.56. The smallest absolute Gasteiger partial charge is 0.0731 e. The Morgan fingerprint density at radius 2 is 2.18 bits per heavy atom. The van der Waals surface area contributed by atoms with Crippen LogP contribution in [0.15, 0.2) is 21.5 Å². The number of rotatable bonds is 3. The van der Waals surface area contributed by atoms with E-state index in [4.69, 9.17) is 0 Å². The van der Waals surface area contributed by atoms with Gasteiger partial charge in [0.05, 0.1) is 9.83 Å². The van der Waals surface area contributed by atoms with E-state index >= 15 is 0 Å². The van der Waals surface area contributed by atoms with Gasteiger partial charge in [0, 0.05) is 4.88 Å². The monoisotopic (exact) mass is 313 g/mol. The second-order valence-corrected chi connectivity index (χ2v) is 7.11. The van der Waals surface area contributed by atoms with Gasteiger partial charge in [0.15, 0.2) is 0 Å². The van der Waals surface area contributed by atoms with E-state index in [9.17, 15) is 0 Å². The van der Waals surface area contributed by atoms with E-state index in [-0.39, 0.29) is 0 Å². The lowest BCUT2D eigenvalue weighted by Crippen LogP contribution is -2.17. The Morgan fingerprint density at radius 1 is 1.35 bits per heavy atom. The van der Waals surface area contributed by atoms with Crippen molar-refractivity contribution in [2.45, 2.75) is 45.1 Å². The summed E-state index contributed by atoms with van der Waals surface area (Å²) in [4.78, 5) is 1.44. The number of hydrogen-bond acceptors (Lipinski definition) is 2. The summed E-state index contributed by atoms with van der Waals surface area (Å²) in [6.45, 7) is 2.16. The Hall–Kier alpha value is -0.120. The minimum Gasteiger partial charge on any atom is -0.309 e. The lowest BCUT2D eigenvalue weighted by Gasteiger charge is -2.18. The van der Waals surface area contributed by atoms with E-state index in [1.54, 1.807) is 5.57 Å². The molecule has 0 fully saturated rings. The second-order valence-electron chi connectivity index (χ2n) is 4.71. The number of allylic oxidation sites excluding steroid dienone is 1. The van der Waals surface area contributed by atoms with Crippen LogP contribution in [0.25, 0.3) is 0 Å². The van der Waals surface area contributed by atoms with Gasteiger partial charge in [-0.3, -0.25) is 0 Å². The van der Waals surface area contributed by atoms with Gasteiger partial charge >= 0.3 is 0 Å². The van der Waals surface area contributed by atoms with Gasteiger partial charge < -0.3 is 5.32 Å². The van der Waals surface area contributed by atoms with Gasteiger partial charge in [0.2, 0.25) is 0 Å². The van der Waals surface area contributed by atoms with Crippen molar-refractivity contribution in [1.29, 1.82) is 0 Å². The molecule has 0 aromatic carbocycles. The first-order valence-electron chi connectivity index (χ1n) is 6.34. The van der Waals surface area contributed by atoms with Gasteiger partial charge in [0.1, 0.15) is 0 Å². The molecule has 2 rings (SSSR count). The summed E-state index contributed by atoms with van der Waals surface area (Å²) in [5.41, 5.74) is 2.93. The van der Waals surface area contributed by atoms with Gasteiger partial charge in [-0.05, 0) is 67.2 Å². The molecule has 17 heavy (non-hydrogen) atoms. The third-order valence-electron chi connectivity index (χ3n) is 3.40. The second kappa shape index (κ2) is 6.17. The summed E-state index contributed by atoms with van der Waals surface area (Å²) in [6.07, 6.45) is 9.03. The van der Waals surface area contributed by atoms with Gasteiger partial charge in [-0.1, -0.05) is 18.1 Å². The Morgan fingerprint density at radius 3 is 2.82 bits per heavy atom. The zero-order valence-electron chi connectivity index (χ0n) is 10.6. The fourth-order valence-corrected chi connectivity index (χ4v) is 4.16. The van der Waals surface area contributed by atoms with Crippen molar-refractivity contribution in [2.24, 2.45) is 0 Å². The predicted molar refractivity (Wildman–Crippen MR) is 79.7 cm³/mol. The van der Waals surface area contributed by atoms with Crippen molar-refractivity contribution in [2.75, 3.05) is 7.05 Å². The minimum absolute atomic E-state index is 0.420. The Bertz CT molecular complexity index is 389. The first kappa shape index (κ1) is 13.3. The molecular weight excluding hydrogens is 294 g/mol. The first-order valence-corrected chi connectivity index (χ1v) is 7.95. The molecule has 0 amide bonds. The lowest BCUT2D eigenvalue weighted by molar-refractivity contribution is 0.636. The normalized spacial score (nSPS) is 18.6. The van der Waals surface area contributed by atoms with Crippen molar-refractivity contribution in [1.82, 2.24) is 5.32 Å². The first-order chi connectivity index (χ1) is 8.22. The molecule has 1 atom stereocenters. The number of aryl methyl sites for hydroxylation is 1. The van der Waals surface area contributed by atoms with Crippen molar-refractivity contribution >= 4 is 27.3 Å². The summed E-state index contributed by atoms with van der Waals surface area (Å²) >= 11 is 5.49.